The number of hydrogen-bond donors (Lipinski definition) is 1. The zero-order valence-electron chi connectivity index (χ0n) is 12.3. The summed E-state index contributed by atoms with van der Waals surface area (Å²) < 4.78 is 5.15. The summed E-state index contributed by atoms with van der Waals surface area (Å²) in [4.78, 5) is 2.62. The first-order chi connectivity index (χ1) is 7.95. The van der Waals surface area contributed by atoms with Crippen molar-refractivity contribution < 1.29 is 4.74 Å². The van der Waals surface area contributed by atoms with Crippen LogP contribution in [-0.2, 0) is 4.74 Å². The normalized spacial score (nSPS) is 25.4. The summed E-state index contributed by atoms with van der Waals surface area (Å²) in [5.41, 5.74) is 0.279. The highest BCUT2D eigenvalue weighted by atomic mass is 16.5. The summed E-state index contributed by atoms with van der Waals surface area (Å²) in [5.74, 6) is 0.773. The van der Waals surface area contributed by atoms with Gasteiger partial charge in [0.2, 0.25) is 0 Å². The van der Waals surface area contributed by atoms with Gasteiger partial charge >= 0.3 is 0 Å². The van der Waals surface area contributed by atoms with Crippen LogP contribution in [0.5, 0.6) is 0 Å². The van der Waals surface area contributed by atoms with E-state index in [1.165, 1.54) is 13.0 Å². The Kier molecular flexibility index (Phi) is 5.90. The molecular formula is C14H30N2O. The first kappa shape index (κ1) is 14.9. The topological polar surface area (TPSA) is 24.5 Å². The van der Waals surface area contributed by atoms with Crippen LogP contribution < -0.4 is 5.32 Å². The average Bonchev–Trinajstić information content (AvgIpc) is 2.22. The van der Waals surface area contributed by atoms with E-state index >= 15 is 0 Å². The van der Waals surface area contributed by atoms with Gasteiger partial charge in [-0.05, 0) is 32.6 Å². The Morgan fingerprint density at radius 1 is 1.41 bits per heavy atom. The number of ether oxygens (including phenoxy) is 1. The highest BCUT2D eigenvalue weighted by Crippen LogP contribution is 2.21. The molecule has 1 aliphatic rings. The molecule has 1 N–H and O–H groups in total. The minimum atomic E-state index is 0.279. The fourth-order valence-electron chi connectivity index (χ4n) is 2.60. The second kappa shape index (κ2) is 6.72. The monoisotopic (exact) mass is 242 g/mol. The van der Waals surface area contributed by atoms with Gasteiger partial charge in [-0.15, -0.1) is 0 Å². The smallest absolute Gasteiger partial charge is 0.0474 e. The standard InChI is InChI=1S/C14H30N2O/c1-12(2)9-13-10-16(7-6-8-17-5)14(3,4)11-15-13/h12-13,15H,6-11H2,1-5H3. The SMILES string of the molecule is COCCCN1CC(CC(C)C)NCC1(C)C. The molecule has 1 rings (SSSR count). The molecule has 0 aliphatic carbocycles. The van der Waals surface area contributed by atoms with Crippen molar-refractivity contribution in [2.45, 2.75) is 52.1 Å². The van der Waals surface area contributed by atoms with Crippen molar-refractivity contribution in [3.05, 3.63) is 0 Å². The minimum Gasteiger partial charge on any atom is -0.385 e. The lowest BCUT2D eigenvalue weighted by Gasteiger charge is -2.46. The van der Waals surface area contributed by atoms with Crippen molar-refractivity contribution in [2.24, 2.45) is 5.92 Å². The Morgan fingerprint density at radius 2 is 2.12 bits per heavy atom. The van der Waals surface area contributed by atoms with E-state index in [4.69, 9.17) is 4.74 Å². The molecule has 0 aromatic heterocycles. The van der Waals surface area contributed by atoms with Crippen LogP contribution in [0.25, 0.3) is 0 Å². The molecule has 1 fully saturated rings. The predicted octanol–water partition coefficient (Wildman–Crippen LogP) is 2.12. The van der Waals surface area contributed by atoms with Gasteiger partial charge in [0, 0.05) is 44.9 Å². The molecule has 0 bridgehead atoms. The average molecular weight is 242 g/mol. The summed E-state index contributed by atoms with van der Waals surface area (Å²) in [7, 11) is 1.78. The van der Waals surface area contributed by atoms with E-state index in [-0.39, 0.29) is 5.54 Å². The van der Waals surface area contributed by atoms with E-state index in [1.54, 1.807) is 7.11 Å². The molecule has 1 unspecified atom stereocenters. The van der Waals surface area contributed by atoms with E-state index in [2.05, 4.69) is 37.9 Å². The lowest BCUT2D eigenvalue weighted by atomic mass is 9.93. The molecule has 0 radical (unpaired) electrons. The van der Waals surface area contributed by atoms with Crippen LogP contribution in [0.15, 0.2) is 0 Å². The molecule has 17 heavy (non-hydrogen) atoms. The van der Waals surface area contributed by atoms with Crippen molar-refractivity contribution in [3.63, 3.8) is 0 Å². The lowest BCUT2D eigenvalue weighted by Crippen LogP contribution is -2.62. The first-order valence-electron chi connectivity index (χ1n) is 6.93. The number of hydrogen-bond acceptors (Lipinski definition) is 3. The molecule has 1 saturated heterocycles. The van der Waals surface area contributed by atoms with Crippen molar-refractivity contribution in [2.75, 3.05) is 33.4 Å². The van der Waals surface area contributed by atoms with Crippen LogP contribution in [0.2, 0.25) is 0 Å². The third-order valence-corrected chi connectivity index (χ3v) is 3.65. The molecule has 1 heterocycles. The molecular weight excluding hydrogens is 212 g/mol. The summed E-state index contributed by atoms with van der Waals surface area (Å²) in [6, 6.07) is 0.658. The zero-order valence-corrected chi connectivity index (χ0v) is 12.3. The molecule has 0 saturated carbocycles. The molecule has 3 heteroatoms. The summed E-state index contributed by atoms with van der Waals surface area (Å²) in [5, 5.41) is 3.69. The largest absolute Gasteiger partial charge is 0.385 e. The third kappa shape index (κ3) is 4.94. The van der Waals surface area contributed by atoms with Crippen molar-refractivity contribution in [1.29, 1.82) is 0 Å². The Morgan fingerprint density at radius 3 is 2.71 bits per heavy atom. The van der Waals surface area contributed by atoms with Gasteiger partial charge < -0.3 is 10.1 Å². The Labute approximate surface area is 107 Å². The van der Waals surface area contributed by atoms with Crippen LogP contribution in [0.1, 0.15) is 40.5 Å². The minimum absolute atomic E-state index is 0.279. The quantitative estimate of drug-likeness (QED) is 0.722. The van der Waals surface area contributed by atoms with Gasteiger partial charge in [0.1, 0.15) is 0 Å². The number of nitrogens with one attached hydrogen (secondary N) is 1. The summed E-state index contributed by atoms with van der Waals surface area (Å²) in [6.45, 7) is 13.6. The molecule has 1 atom stereocenters. The van der Waals surface area contributed by atoms with Crippen LogP contribution >= 0.6 is 0 Å². The third-order valence-electron chi connectivity index (χ3n) is 3.65. The van der Waals surface area contributed by atoms with E-state index in [9.17, 15) is 0 Å². The second-order valence-electron chi connectivity index (χ2n) is 6.31. The van der Waals surface area contributed by atoms with Gasteiger partial charge in [-0.3, -0.25) is 4.90 Å². The maximum absolute atomic E-state index is 5.15. The number of piperazine rings is 1. The van der Waals surface area contributed by atoms with E-state index in [1.807, 2.05) is 0 Å². The maximum Gasteiger partial charge on any atom is 0.0474 e. The predicted molar refractivity (Wildman–Crippen MR) is 73.4 cm³/mol. The molecule has 1 aliphatic heterocycles. The van der Waals surface area contributed by atoms with Crippen LogP contribution in [-0.4, -0.2) is 49.8 Å². The fraction of sp³-hybridized carbons (Fsp3) is 1.00. The van der Waals surface area contributed by atoms with E-state index in [0.717, 1.165) is 32.0 Å². The van der Waals surface area contributed by atoms with Gasteiger partial charge in [0.15, 0.2) is 0 Å². The van der Waals surface area contributed by atoms with Crippen molar-refractivity contribution >= 4 is 0 Å². The molecule has 0 amide bonds. The van der Waals surface area contributed by atoms with Crippen molar-refractivity contribution in [3.8, 4) is 0 Å². The highest BCUT2D eigenvalue weighted by Gasteiger charge is 2.33. The second-order valence-corrected chi connectivity index (χ2v) is 6.31. The van der Waals surface area contributed by atoms with Crippen LogP contribution in [0.4, 0.5) is 0 Å². The Hall–Kier alpha value is -0.120. The van der Waals surface area contributed by atoms with Crippen LogP contribution in [0.3, 0.4) is 0 Å². The van der Waals surface area contributed by atoms with Gasteiger partial charge in [0.25, 0.3) is 0 Å². The molecule has 0 spiro atoms. The Bertz CT molecular complexity index is 216. The number of methoxy groups -OCH3 is 1. The molecule has 3 nitrogen and oxygen atoms in total. The highest BCUT2D eigenvalue weighted by molar-refractivity contribution is 4.92. The van der Waals surface area contributed by atoms with E-state index < -0.39 is 0 Å². The van der Waals surface area contributed by atoms with Gasteiger partial charge in [0.05, 0.1) is 0 Å². The van der Waals surface area contributed by atoms with Crippen LogP contribution in [0, 0.1) is 5.92 Å². The van der Waals surface area contributed by atoms with Crippen molar-refractivity contribution in [1.82, 2.24) is 10.2 Å². The van der Waals surface area contributed by atoms with Gasteiger partial charge in [-0.25, -0.2) is 0 Å². The number of nitrogens with zero attached hydrogens (tertiary/aromatic N) is 1. The molecule has 102 valence electrons. The molecule has 0 aromatic rings. The van der Waals surface area contributed by atoms with E-state index in [0.29, 0.717) is 6.04 Å². The summed E-state index contributed by atoms with van der Waals surface area (Å²) >= 11 is 0. The van der Waals surface area contributed by atoms with Gasteiger partial charge in [-0.2, -0.15) is 0 Å². The van der Waals surface area contributed by atoms with Gasteiger partial charge in [-0.1, -0.05) is 13.8 Å². The zero-order chi connectivity index (χ0) is 12.9. The lowest BCUT2D eigenvalue weighted by molar-refractivity contribution is 0.0519. The summed E-state index contributed by atoms with van der Waals surface area (Å²) in [6.07, 6.45) is 2.41. The number of rotatable bonds is 6. The maximum atomic E-state index is 5.15. The Balaban J connectivity index is 2.44. The molecule has 0 aromatic carbocycles. The fourth-order valence-corrected chi connectivity index (χ4v) is 2.60. The first-order valence-corrected chi connectivity index (χ1v) is 6.93.